The van der Waals surface area contributed by atoms with Crippen LogP contribution in [0.4, 0.5) is 5.82 Å². The summed E-state index contributed by atoms with van der Waals surface area (Å²) in [5.41, 5.74) is 3.94. The van der Waals surface area contributed by atoms with E-state index >= 15 is 0 Å². The highest BCUT2D eigenvalue weighted by Gasteiger charge is 2.20. The first kappa shape index (κ1) is 22.6. The summed E-state index contributed by atoms with van der Waals surface area (Å²) in [4.78, 5) is 16.3. The minimum Gasteiger partial charge on any atom is -0.375 e. The third-order valence-electron chi connectivity index (χ3n) is 6.20. The van der Waals surface area contributed by atoms with Crippen LogP contribution >= 0.6 is 0 Å². The maximum Gasteiger partial charge on any atom is 0.194 e. The number of anilines is 1. The lowest BCUT2D eigenvalue weighted by molar-refractivity contribution is 0.0529. The zero-order valence-electron chi connectivity index (χ0n) is 19.6. The van der Waals surface area contributed by atoms with Gasteiger partial charge in [-0.1, -0.05) is 29.8 Å². The lowest BCUT2D eigenvalue weighted by atomic mass is 10.1. The molecule has 2 saturated heterocycles. The van der Waals surface area contributed by atoms with Gasteiger partial charge in [0.25, 0.3) is 0 Å². The van der Waals surface area contributed by atoms with Gasteiger partial charge in [0.2, 0.25) is 0 Å². The highest BCUT2D eigenvalue weighted by Crippen LogP contribution is 2.17. The molecule has 2 aromatic rings. The first-order chi connectivity index (χ1) is 15.6. The van der Waals surface area contributed by atoms with Crippen LogP contribution in [0.25, 0.3) is 0 Å². The Morgan fingerprint density at radius 1 is 1.12 bits per heavy atom. The van der Waals surface area contributed by atoms with Crippen molar-refractivity contribution in [2.24, 2.45) is 4.99 Å². The van der Waals surface area contributed by atoms with Crippen molar-refractivity contribution < 1.29 is 4.74 Å². The number of aromatic nitrogens is 1. The molecule has 32 heavy (non-hydrogen) atoms. The SMILES string of the molecule is CN=C(NCc1ccnc(N2CCOC(C)C2)c1)N1CCN(Cc2cccc(C)c2)CC1. The van der Waals surface area contributed by atoms with E-state index in [2.05, 4.69) is 80.2 Å². The summed E-state index contributed by atoms with van der Waals surface area (Å²) in [6.45, 7) is 12.6. The van der Waals surface area contributed by atoms with Crippen LogP contribution in [0, 0.1) is 6.92 Å². The number of hydrogen-bond acceptors (Lipinski definition) is 5. The number of benzene rings is 1. The van der Waals surface area contributed by atoms with E-state index in [1.54, 1.807) is 0 Å². The van der Waals surface area contributed by atoms with Crippen LogP contribution in [0.3, 0.4) is 0 Å². The van der Waals surface area contributed by atoms with E-state index in [0.717, 1.165) is 70.7 Å². The number of piperazine rings is 1. The second-order valence-corrected chi connectivity index (χ2v) is 8.80. The molecule has 0 spiro atoms. The van der Waals surface area contributed by atoms with E-state index in [-0.39, 0.29) is 6.10 Å². The van der Waals surface area contributed by atoms with Crippen molar-refractivity contribution in [3.8, 4) is 0 Å². The quantitative estimate of drug-likeness (QED) is 0.574. The van der Waals surface area contributed by atoms with Gasteiger partial charge in [0.05, 0.1) is 12.7 Å². The molecular formula is C25H36N6O. The van der Waals surface area contributed by atoms with Crippen LogP contribution in [-0.4, -0.2) is 79.8 Å². The molecule has 4 rings (SSSR count). The predicted molar refractivity (Wildman–Crippen MR) is 130 cm³/mol. The Bertz CT molecular complexity index is 909. The highest BCUT2D eigenvalue weighted by atomic mass is 16.5. The van der Waals surface area contributed by atoms with Crippen molar-refractivity contribution in [1.82, 2.24) is 20.1 Å². The monoisotopic (exact) mass is 436 g/mol. The topological polar surface area (TPSA) is 56.2 Å². The van der Waals surface area contributed by atoms with Crippen molar-refractivity contribution >= 4 is 11.8 Å². The van der Waals surface area contributed by atoms with Gasteiger partial charge in [0.15, 0.2) is 5.96 Å². The van der Waals surface area contributed by atoms with Crippen LogP contribution in [0.15, 0.2) is 47.6 Å². The maximum atomic E-state index is 5.66. The third kappa shape index (κ3) is 5.99. The fourth-order valence-corrected chi connectivity index (χ4v) is 4.47. The molecule has 7 heteroatoms. The first-order valence-corrected chi connectivity index (χ1v) is 11.7. The molecule has 2 fully saturated rings. The fourth-order valence-electron chi connectivity index (χ4n) is 4.47. The van der Waals surface area contributed by atoms with Crippen LogP contribution in [-0.2, 0) is 17.8 Å². The average Bonchev–Trinajstić information content (AvgIpc) is 2.81. The van der Waals surface area contributed by atoms with Gasteiger partial charge in [0.1, 0.15) is 5.82 Å². The summed E-state index contributed by atoms with van der Waals surface area (Å²) in [7, 11) is 1.87. The molecule has 1 atom stereocenters. The van der Waals surface area contributed by atoms with E-state index < -0.39 is 0 Å². The number of morpholine rings is 1. The number of rotatable bonds is 5. The number of aliphatic imine (C=N–C) groups is 1. The van der Waals surface area contributed by atoms with Gasteiger partial charge in [0, 0.05) is 65.6 Å². The molecule has 0 saturated carbocycles. The number of nitrogens with one attached hydrogen (secondary N) is 1. The second kappa shape index (κ2) is 10.8. The summed E-state index contributed by atoms with van der Waals surface area (Å²) in [6.07, 6.45) is 2.15. The van der Waals surface area contributed by atoms with Gasteiger partial charge < -0.3 is 19.9 Å². The van der Waals surface area contributed by atoms with Crippen LogP contribution in [0.1, 0.15) is 23.6 Å². The van der Waals surface area contributed by atoms with Gasteiger partial charge in [-0.25, -0.2) is 4.98 Å². The normalized spacial score (nSPS) is 20.5. The molecule has 0 bridgehead atoms. The van der Waals surface area contributed by atoms with Crippen molar-refractivity contribution in [2.75, 3.05) is 57.8 Å². The lowest BCUT2D eigenvalue weighted by Crippen LogP contribution is -2.52. The molecule has 2 aliphatic rings. The van der Waals surface area contributed by atoms with Crippen molar-refractivity contribution in [2.45, 2.75) is 33.0 Å². The van der Waals surface area contributed by atoms with E-state index in [1.165, 1.54) is 16.7 Å². The first-order valence-electron chi connectivity index (χ1n) is 11.7. The molecular weight excluding hydrogens is 400 g/mol. The Hall–Kier alpha value is -2.64. The van der Waals surface area contributed by atoms with Gasteiger partial charge in [-0.2, -0.15) is 0 Å². The number of ether oxygens (including phenoxy) is 1. The molecule has 7 nitrogen and oxygen atoms in total. The van der Waals surface area contributed by atoms with E-state index in [9.17, 15) is 0 Å². The third-order valence-corrected chi connectivity index (χ3v) is 6.20. The van der Waals surface area contributed by atoms with Gasteiger partial charge in [-0.3, -0.25) is 9.89 Å². The van der Waals surface area contributed by atoms with Crippen molar-refractivity contribution in [1.29, 1.82) is 0 Å². The fraction of sp³-hybridized carbons (Fsp3) is 0.520. The molecule has 172 valence electrons. The average molecular weight is 437 g/mol. The molecule has 2 aliphatic heterocycles. The number of pyridine rings is 1. The van der Waals surface area contributed by atoms with Crippen LogP contribution in [0.5, 0.6) is 0 Å². The summed E-state index contributed by atoms with van der Waals surface area (Å²) >= 11 is 0. The number of aryl methyl sites for hydroxylation is 1. The summed E-state index contributed by atoms with van der Waals surface area (Å²) < 4.78 is 5.66. The Labute approximate surface area is 192 Å². The molecule has 1 aromatic heterocycles. The van der Waals surface area contributed by atoms with Crippen LogP contribution in [0.2, 0.25) is 0 Å². The molecule has 1 N–H and O–H groups in total. The zero-order chi connectivity index (χ0) is 22.3. The smallest absolute Gasteiger partial charge is 0.194 e. The molecule has 0 radical (unpaired) electrons. The zero-order valence-corrected chi connectivity index (χ0v) is 19.6. The maximum absolute atomic E-state index is 5.66. The highest BCUT2D eigenvalue weighted by molar-refractivity contribution is 5.80. The van der Waals surface area contributed by atoms with Crippen molar-refractivity contribution in [3.63, 3.8) is 0 Å². The van der Waals surface area contributed by atoms with E-state index in [1.807, 2.05) is 13.2 Å². The standard InChI is InChI=1S/C25H36N6O/c1-20-5-4-6-23(15-20)19-29-9-11-30(12-10-29)25(26-3)28-17-22-7-8-27-24(16-22)31-13-14-32-21(2)18-31/h4-8,15-16,21H,9-14,17-19H2,1-3H3,(H,26,28). The largest absolute Gasteiger partial charge is 0.375 e. The summed E-state index contributed by atoms with van der Waals surface area (Å²) in [6, 6.07) is 13.1. The van der Waals surface area contributed by atoms with Crippen LogP contribution < -0.4 is 10.2 Å². The summed E-state index contributed by atoms with van der Waals surface area (Å²) in [5, 5.41) is 3.55. The molecule has 3 heterocycles. The number of guanidine groups is 1. The van der Waals surface area contributed by atoms with E-state index in [4.69, 9.17) is 4.74 Å². The number of hydrogen-bond donors (Lipinski definition) is 1. The molecule has 1 unspecified atom stereocenters. The molecule has 1 aromatic carbocycles. The Morgan fingerprint density at radius 2 is 1.97 bits per heavy atom. The van der Waals surface area contributed by atoms with E-state index in [0.29, 0.717) is 0 Å². The Kier molecular flexibility index (Phi) is 7.60. The van der Waals surface area contributed by atoms with Crippen molar-refractivity contribution in [3.05, 3.63) is 59.3 Å². The minimum absolute atomic E-state index is 0.246. The summed E-state index contributed by atoms with van der Waals surface area (Å²) in [5.74, 6) is 2.00. The molecule has 0 amide bonds. The van der Waals surface area contributed by atoms with Gasteiger partial charge in [-0.15, -0.1) is 0 Å². The lowest BCUT2D eigenvalue weighted by Gasteiger charge is -2.36. The molecule has 0 aliphatic carbocycles. The number of nitrogens with zero attached hydrogens (tertiary/aromatic N) is 5. The Balaban J connectivity index is 1.28. The second-order valence-electron chi connectivity index (χ2n) is 8.80. The minimum atomic E-state index is 0.246. The van der Waals surface area contributed by atoms with Gasteiger partial charge >= 0.3 is 0 Å². The van der Waals surface area contributed by atoms with Gasteiger partial charge in [-0.05, 0) is 37.1 Å². The predicted octanol–water partition coefficient (Wildman–Crippen LogP) is 2.51. The Morgan fingerprint density at radius 3 is 2.72 bits per heavy atom.